The van der Waals surface area contributed by atoms with Gasteiger partial charge in [-0.15, -0.1) is 0 Å². The number of carbonyl (C=O) groups excluding carboxylic acids is 1. The van der Waals surface area contributed by atoms with Gasteiger partial charge in [0, 0.05) is 18.0 Å². The van der Waals surface area contributed by atoms with Crippen LogP contribution >= 0.6 is 23.2 Å². The van der Waals surface area contributed by atoms with E-state index in [-0.39, 0.29) is 21.4 Å². The minimum absolute atomic E-state index is 0.0199. The van der Waals surface area contributed by atoms with Crippen LogP contribution in [0.3, 0.4) is 0 Å². The molecule has 0 bridgehead atoms. The molecule has 0 spiro atoms. The van der Waals surface area contributed by atoms with Gasteiger partial charge in [-0.3, -0.25) is 4.79 Å². The number of halogens is 4. The van der Waals surface area contributed by atoms with Crippen LogP contribution in [0.5, 0.6) is 0 Å². The van der Waals surface area contributed by atoms with Crippen molar-refractivity contribution in [1.82, 2.24) is 4.98 Å². The molecule has 1 N–H and O–H groups in total. The van der Waals surface area contributed by atoms with Crippen molar-refractivity contribution in [2.75, 3.05) is 5.32 Å². The van der Waals surface area contributed by atoms with Crippen molar-refractivity contribution in [3.63, 3.8) is 0 Å². The van der Waals surface area contributed by atoms with Crippen LogP contribution in [-0.4, -0.2) is 10.9 Å². The topological polar surface area (TPSA) is 42.0 Å². The zero-order valence-corrected chi connectivity index (χ0v) is 10.8. The lowest BCUT2D eigenvalue weighted by molar-refractivity contribution is 0.102. The highest BCUT2D eigenvalue weighted by atomic mass is 35.5. The smallest absolute Gasteiger partial charge is 0.258 e. The van der Waals surface area contributed by atoms with Crippen molar-refractivity contribution < 1.29 is 13.6 Å². The zero-order chi connectivity index (χ0) is 14.0. The van der Waals surface area contributed by atoms with Crippen molar-refractivity contribution in [3.05, 3.63) is 57.8 Å². The van der Waals surface area contributed by atoms with Crippen LogP contribution in [0.25, 0.3) is 0 Å². The van der Waals surface area contributed by atoms with Gasteiger partial charge in [0.05, 0.1) is 10.6 Å². The summed E-state index contributed by atoms with van der Waals surface area (Å²) >= 11 is 11.4. The van der Waals surface area contributed by atoms with Crippen molar-refractivity contribution in [1.29, 1.82) is 0 Å². The molecule has 0 radical (unpaired) electrons. The predicted octanol–water partition coefficient (Wildman–Crippen LogP) is 3.92. The Morgan fingerprint density at radius 1 is 1.11 bits per heavy atom. The van der Waals surface area contributed by atoms with Gasteiger partial charge >= 0.3 is 0 Å². The normalized spacial score (nSPS) is 10.3. The number of anilines is 1. The Labute approximate surface area is 117 Å². The monoisotopic (exact) mass is 302 g/mol. The van der Waals surface area contributed by atoms with E-state index in [1.54, 1.807) is 0 Å². The second-order valence-corrected chi connectivity index (χ2v) is 4.39. The number of benzene rings is 1. The average molecular weight is 303 g/mol. The van der Waals surface area contributed by atoms with Gasteiger partial charge in [0.15, 0.2) is 0 Å². The summed E-state index contributed by atoms with van der Waals surface area (Å²) in [4.78, 5) is 15.6. The van der Waals surface area contributed by atoms with E-state index in [2.05, 4.69) is 10.3 Å². The van der Waals surface area contributed by atoms with Crippen LogP contribution in [0.4, 0.5) is 14.5 Å². The van der Waals surface area contributed by atoms with E-state index in [1.165, 1.54) is 12.3 Å². The number of amides is 1. The number of carbonyl (C=O) groups is 1. The average Bonchev–Trinajstić information content (AvgIpc) is 2.26. The van der Waals surface area contributed by atoms with E-state index < -0.39 is 17.5 Å². The summed E-state index contributed by atoms with van der Waals surface area (Å²) in [5.41, 5.74) is 0.0317. The lowest BCUT2D eigenvalue weighted by Crippen LogP contribution is -2.13. The third-order valence-corrected chi connectivity index (χ3v) is 2.70. The summed E-state index contributed by atoms with van der Waals surface area (Å²) < 4.78 is 25.9. The summed E-state index contributed by atoms with van der Waals surface area (Å²) in [7, 11) is 0. The van der Waals surface area contributed by atoms with Crippen molar-refractivity contribution in [2.45, 2.75) is 0 Å². The summed E-state index contributed by atoms with van der Waals surface area (Å²) in [5.74, 6) is -2.23. The SMILES string of the molecule is O=C(Nc1cc(F)cc(F)c1)c1cnc(Cl)cc1Cl. The van der Waals surface area contributed by atoms with Gasteiger partial charge < -0.3 is 5.32 Å². The van der Waals surface area contributed by atoms with E-state index in [4.69, 9.17) is 23.2 Å². The highest BCUT2D eigenvalue weighted by Crippen LogP contribution is 2.20. The number of hydrogen-bond acceptors (Lipinski definition) is 2. The van der Waals surface area contributed by atoms with Crippen LogP contribution in [0.1, 0.15) is 10.4 Å². The van der Waals surface area contributed by atoms with Gasteiger partial charge in [-0.05, 0) is 18.2 Å². The van der Waals surface area contributed by atoms with Crippen molar-refractivity contribution in [2.24, 2.45) is 0 Å². The molecule has 2 rings (SSSR count). The van der Waals surface area contributed by atoms with Crippen LogP contribution in [0, 0.1) is 11.6 Å². The molecular formula is C12H6Cl2F2N2O. The van der Waals surface area contributed by atoms with Gasteiger partial charge in [-0.1, -0.05) is 23.2 Å². The molecule has 0 aliphatic heterocycles. The molecule has 1 heterocycles. The molecule has 1 aromatic carbocycles. The van der Waals surface area contributed by atoms with Crippen LogP contribution in [-0.2, 0) is 0 Å². The van der Waals surface area contributed by atoms with E-state index in [1.807, 2.05) is 0 Å². The molecule has 7 heteroatoms. The molecule has 98 valence electrons. The van der Waals surface area contributed by atoms with Crippen molar-refractivity contribution in [3.8, 4) is 0 Å². The summed E-state index contributed by atoms with van der Waals surface area (Å²) in [5, 5.41) is 2.54. The van der Waals surface area contributed by atoms with Crippen molar-refractivity contribution >= 4 is 34.8 Å². The maximum Gasteiger partial charge on any atom is 0.258 e. The number of nitrogens with zero attached hydrogens (tertiary/aromatic N) is 1. The lowest BCUT2D eigenvalue weighted by atomic mass is 10.2. The first kappa shape index (κ1) is 13.7. The van der Waals surface area contributed by atoms with E-state index in [9.17, 15) is 13.6 Å². The molecule has 0 fully saturated rings. The summed E-state index contributed by atoms with van der Waals surface area (Å²) in [6, 6.07) is 3.97. The molecule has 1 aromatic heterocycles. The lowest BCUT2D eigenvalue weighted by Gasteiger charge is -2.07. The van der Waals surface area contributed by atoms with Crippen LogP contribution in [0.2, 0.25) is 10.2 Å². The van der Waals surface area contributed by atoms with Crippen LogP contribution < -0.4 is 5.32 Å². The number of pyridine rings is 1. The second kappa shape index (κ2) is 5.50. The van der Waals surface area contributed by atoms with Crippen LogP contribution in [0.15, 0.2) is 30.5 Å². The Morgan fingerprint density at radius 2 is 1.74 bits per heavy atom. The van der Waals surface area contributed by atoms with Gasteiger partial charge in [0.2, 0.25) is 0 Å². The van der Waals surface area contributed by atoms with Gasteiger partial charge in [0.1, 0.15) is 16.8 Å². The number of nitrogens with one attached hydrogen (secondary N) is 1. The van der Waals surface area contributed by atoms with Gasteiger partial charge in [-0.25, -0.2) is 13.8 Å². The minimum Gasteiger partial charge on any atom is -0.322 e. The Kier molecular flexibility index (Phi) is 3.97. The Morgan fingerprint density at radius 3 is 2.32 bits per heavy atom. The first-order chi connectivity index (χ1) is 8.95. The maximum absolute atomic E-state index is 13.0. The molecule has 19 heavy (non-hydrogen) atoms. The quantitative estimate of drug-likeness (QED) is 0.854. The van der Waals surface area contributed by atoms with Gasteiger partial charge in [-0.2, -0.15) is 0 Å². The van der Waals surface area contributed by atoms with E-state index in [0.717, 1.165) is 12.1 Å². The molecule has 0 aliphatic rings. The molecule has 0 unspecified atom stereocenters. The Bertz CT molecular complexity index is 629. The molecule has 3 nitrogen and oxygen atoms in total. The fraction of sp³-hybridized carbons (Fsp3) is 0. The molecule has 0 aliphatic carbocycles. The third-order valence-electron chi connectivity index (χ3n) is 2.19. The number of hydrogen-bond donors (Lipinski definition) is 1. The molecule has 0 saturated heterocycles. The largest absolute Gasteiger partial charge is 0.322 e. The first-order valence-corrected chi connectivity index (χ1v) is 5.80. The van der Waals surface area contributed by atoms with E-state index in [0.29, 0.717) is 6.07 Å². The molecule has 1 amide bonds. The molecule has 2 aromatic rings. The Balaban J connectivity index is 2.25. The number of rotatable bonds is 2. The zero-order valence-electron chi connectivity index (χ0n) is 9.25. The fourth-order valence-corrected chi connectivity index (χ4v) is 1.85. The molecule has 0 saturated carbocycles. The predicted molar refractivity (Wildman–Crippen MR) is 68.6 cm³/mol. The van der Waals surface area contributed by atoms with E-state index >= 15 is 0 Å². The highest BCUT2D eigenvalue weighted by Gasteiger charge is 2.12. The standard InChI is InChI=1S/C12H6Cl2F2N2O/c13-10-4-11(14)17-5-9(10)12(19)18-8-2-6(15)1-7(16)3-8/h1-5H,(H,18,19). The second-order valence-electron chi connectivity index (χ2n) is 3.60. The fourth-order valence-electron chi connectivity index (χ4n) is 1.40. The summed E-state index contributed by atoms with van der Waals surface area (Å²) in [6.45, 7) is 0. The minimum atomic E-state index is -0.796. The Hall–Kier alpha value is -1.72. The molecular weight excluding hydrogens is 297 g/mol. The maximum atomic E-state index is 13.0. The summed E-state index contributed by atoms with van der Waals surface area (Å²) in [6.07, 6.45) is 1.18. The van der Waals surface area contributed by atoms with Gasteiger partial charge in [0.25, 0.3) is 5.91 Å². The highest BCUT2D eigenvalue weighted by molar-refractivity contribution is 6.36. The molecule has 0 atom stereocenters. The number of aromatic nitrogens is 1. The third kappa shape index (κ3) is 3.39. The first-order valence-electron chi connectivity index (χ1n) is 5.04.